The maximum Gasteiger partial charge on any atom is 0.343 e. The first kappa shape index (κ1) is 51.6. The van der Waals surface area contributed by atoms with Crippen LogP contribution in [0, 0.1) is 12.7 Å². The first-order chi connectivity index (χ1) is 35.0. The van der Waals surface area contributed by atoms with Gasteiger partial charge in [0.05, 0.1) is 54.2 Å². The number of nitrogens with zero attached hydrogens (tertiary/aromatic N) is 3. The molecule has 19 nitrogen and oxygen atoms in total. The molecule has 1 unspecified atom stereocenters. The third-order valence-corrected chi connectivity index (χ3v) is 14.1. The molecule has 1 aliphatic carbocycles. The molecule has 3 aliphatic heterocycles. The number of rotatable bonds is 22. The van der Waals surface area contributed by atoms with Crippen molar-refractivity contribution in [3.8, 4) is 11.4 Å². The summed E-state index contributed by atoms with van der Waals surface area (Å²) >= 11 is 0. The first-order valence-corrected chi connectivity index (χ1v) is 24.5. The van der Waals surface area contributed by atoms with Crippen LogP contribution in [0.3, 0.4) is 0 Å². The van der Waals surface area contributed by atoms with Gasteiger partial charge in [-0.2, -0.15) is 0 Å². The number of nitrogens with one attached hydrogen (secondary N) is 4. The lowest BCUT2D eigenvalue weighted by Crippen LogP contribution is -2.44. The largest absolute Gasteiger partial charge is 0.458 e. The second kappa shape index (κ2) is 21.9. The molecule has 382 valence electrons. The van der Waals surface area contributed by atoms with E-state index in [1.165, 1.54) is 22.8 Å². The Kier molecular flexibility index (Phi) is 15.5. The SMILES string of the molecule is CC[C@@]1(O)C(=O)OCc2c1cc1n(c2=O)Cc2c-1nc1cc(F)c(C)c3c1c2[C@@H](NC(=O)CNC(=O)CCC(=O)C(Cc1ccccc1)NC(=O)CCC(=O)CNC(=O)CCCCCN1C(=O)C=CC1=O)CC3. The van der Waals surface area contributed by atoms with Crippen LogP contribution in [0.2, 0.25) is 0 Å². The molecule has 20 heteroatoms. The van der Waals surface area contributed by atoms with Crippen molar-refractivity contribution in [2.75, 3.05) is 19.6 Å². The van der Waals surface area contributed by atoms with Gasteiger partial charge in [-0.3, -0.25) is 48.1 Å². The molecule has 0 saturated heterocycles. The summed E-state index contributed by atoms with van der Waals surface area (Å²) in [5, 5.41) is 22.8. The molecule has 0 radical (unpaired) electrons. The van der Waals surface area contributed by atoms with Gasteiger partial charge in [0, 0.05) is 73.4 Å². The van der Waals surface area contributed by atoms with Crippen LogP contribution in [-0.2, 0) is 79.5 Å². The minimum atomic E-state index is -2.06. The average molecular weight is 1000 g/mol. The number of ether oxygens (including phenoxy) is 1. The lowest BCUT2D eigenvalue weighted by Gasteiger charge is -2.31. The second-order valence-electron chi connectivity index (χ2n) is 18.8. The molecule has 3 atom stereocenters. The molecule has 5 N–H and O–H groups in total. The Morgan fingerprint density at radius 3 is 2.30 bits per heavy atom. The number of fused-ring (bicyclic) bond motifs is 5. The molecular formula is C53H56FN7O12. The number of hydrogen-bond donors (Lipinski definition) is 5. The number of ketones is 2. The predicted molar refractivity (Wildman–Crippen MR) is 259 cm³/mol. The highest BCUT2D eigenvalue weighted by molar-refractivity contribution is 6.12. The van der Waals surface area contributed by atoms with Gasteiger partial charge in [-0.15, -0.1) is 0 Å². The summed E-state index contributed by atoms with van der Waals surface area (Å²) in [5.41, 5.74) is 1.84. The van der Waals surface area contributed by atoms with E-state index in [1.807, 2.05) is 0 Å². The van der Waals surface area contributed by atoms with E-state index in [-0.39, 0.29) is 100 Å². The number of aliphatic hydroxyl groups is 1. The molecule has 6 amide bonds. The molecule has 0 spiro atoms. The van der Waals surface area contributed by atoms with Crippen molar-refractivity contribution in [3.05, 3.63) is 110 Å². The average Bonchev–Trinajstić information content (AvgIpc) is 3.91. The lowest BCUT2D eigenvalue weighted by atomic mass is 9.81. The van der Waals surface area contributed by atoms with E-state index in [0.29, 0.717) is 71.1 Å². The fraction of sp³-hybridized carbons (Fsp3) is 0.415. The summed E-state index contributed by atoms with van der Waals surface area (Å²) in [5.74, 6) is -5.00. The molecule has 8 rings (SSSR count). The van der Waals surface area contributed by atoms with Crippen LogP contribution in [0.5, 0.6) is 0 Å². The first-order valence-electron chi connectivity index (χ1n) is 24.5. The van der Waals surface area contributed by atoms with Gasteiger partial charge in [0.25, 0.3) is 17.4 Å². The van der Waals surface area contributed by atoms with Crippen LogP contribution in [-0.4, -0.2) is 98.2 Å². The van der Waals surface area contributed by atoms with Gasteiger partial charge in [-0.1, -0.05) is 43.7 Å². The monoisotopic (exact) mass is 1000 g/mol. The summed E-state index contributed by atoms with van der Waals surface area (Å²) in [4.78, 5) is 134. The molecule has 2 aromatic heterocycles. The van der Waals surface area contributed by atoms with Gasteiger partial charge in [-0.25, -0.2) is 14.2 Å². The molecule has 5 heterocycles. The summed E-state index contributed by atoms with van der Waals surface area (Å²) in [6.07, 6.45) is 3.94. The number of imide groups is 1. The maximum atomic E-state index is 15.4. The number of amides is 6. The summed E-state index contributed by atoms with van der Waals surface area (Å²) < 4.78 is 22.1. The number of aryl methyl sites for hydroxylation is 1. The Morgan fingerprint density at radius 1 is 0.849 bits per heavy atom. The zero-order valence-electron chi connectivity index (χ0n) is 40.5. The van der Waals surface area contributed by atoms with Gasteiger partial charge in [-0.05, 0) is 73.8 Å². The minimum absolute atomic E-state index is 0.0442. The number of halogens is 1. The Labute approximate surface area is 418 Å². The van der Waals surface area contributed by atoms with E-state index in [4.69, 9.17) is 9.72 Å². The summed E-state index contributed by atoms with van der Waals surface area (Å²) in [6.45, 7) is 2.51. The summed E-state index contributed by atoms with van der Waals surface area (Å²) in [7, 11) is 0. The zero-order valence-corrected chi connectivity index (χ0v) is 40.5. The molecule has 2 aromatic carbocycles. The van der Waals surface area contributed by atoms with Crippen LogP contribution in [0.4, 0.5) is 4.39 Å². The number of unbranched alkanes of at least 4 members (excludes halogenated alkanes) is 2. The quantitative estimate of drug-likeness (QED) is 0.0380. The van der Waals surface area contributed by atoms with Gasteiger partial charge in [0.1, 0.15) is 12.4 Å². The standard InChI is InChI=1S/C53H56FN7O12/c1-3-53(72)35-23-40-50-33(27-61(40)51(70)34(35)28-73-52(53)71)49-37(15-14-32-29(2)36(54)24-39(59-50)48(32)49)57-45(67)26-56-43(65)18-16-41(63)38(22-30-10-6-4-7-11-30)58-44(66)17-13-31(62)25-55-42(64)12-8-5-9-21-60-46(68)19-20-47(60)69/h4,6-7,10-11,19-20,23-24,37-38,72H,3,5,8-9,12-18,21-22,25-28H2,1-2H3,(H,55,64)(H,56,65)(H,57,67)(H,58,66)/t37-,38?,53-/m0/s1. The van der Waals surface area contributed by atoms with Gasteiger partial charge >= 0.3 is 5.97 Å². The molecule has 4 aromatic rings. The molecule has 0 fully saturated rings. The van der Waals surface area contributed by atoms with E-state index in [1.54, 1.807) is 50.2 Å². The van der Waals surface area contributed by atoms with Gasteiger partial charge in [0.2, 0.25) is 23.6 Å². The zero-order chi connectivity index (χ0) is 52.1. The molecular weight excluding hydrogens is 946 g/mol. The van der Waals surface area contributed by atoms with Crippen LogP contribution in [0.15, 0.2) is 59.4 Å². The van der Waals surface area contributed by atoms with Crippen LogP contribution < -0.4 is 26.8 Å². The van der Waals surface area contributed by atoms with Crippen molar-refractivity contribution >= 4 is 63.9 Å². The third kappa shape index (κ3) is 11.0. The third-order valence-electron chi connectivity index (χ3n) is 14.1. The van der Waals surface area contributed by atoms with Crippen LogP contribution in [0.25, 0.3) is 22.3 Å². The molecule has 4 aliphatic rings. The van der Waals surface area contributed by atoms with Gasteiger partial charge < -0.3 is 35.7 Å². The van der Waals surface area contributed by atoms with E-state index in [0.717, 1.165) is 16.0 Å². The fourth-order valence-corrected chi connectivity index (χ4v) is 9.99. The van der Waals surface area contributed by atoms with Crippen molar-refractivity contribution in [2.45, 2.75) is 122 Å². The summed E-state index contributed by atoms with van der Waals surface area (Å²) in [6, 6.07) is 10.1. The van der Waals surface area contributed by atoms with E-state index in [2.05, 4.69) is 21.3 Å². The molecule has 0 saturated carbocycles. The number of carbonyl (C=O) groups is 9. The topological polar surface area (TPSA) is 269 Å². The highest BCUT2D eigenvalue weighted by Gasteiger charge is 2.46. The number of pyridine rings is 2. The van der Waals surface area contributed by atoms with E-state index in [9.17, 15) is 53.1 Å². The van der Waals surface area contributed by atoms with Crippen molar-refractivity contribution in [1.29, 1.82) is 0 Å². The van der Waals surface area contributed by atoms with E-state index >= 15 is 4.39 Å². The number of benzene rings is 2. The van der Waals surface area contributed by atoms with Crippen LogP contribution >= 0.6 is 0 Å². The lowest BCUT2D eigenvalue weighted by molar-refractivity contribution is -0.172. The number of Topliss-reactive ketones (excluding diaryl/α,β-unsaturated/α-hetero) is 2. The number of carbonyl (C=O) groups excluding carboxylic acids is 9. The van der Waals surface area contributed by atoms with Crippen molar-refractivity contribution < 1.29 is 57.4 Å². The number of cyclic esters (lactones) is 1. The fourth-order valence-electron chi connectivity index (χ4n) is 9.99. The molecule has 73 heavy (non-hydrogen) atoms. The number of hydrogen-bond acceptors (Lipinski definition) is 13. The second-order valence-corrected chi connectivity index (χ2v) is 18.8. The smallest absolute Gasteiger partial charge is 0.343 e. The highest BCUT2D eigenvalue weighted by Crippen LogP contribution is 2.46. The maximum absolute atomic E-state index is 15.4. The van der Waals surface area contributed by atoms with Crippen molar-refractivity contribution in [3.63, 3.8) is 0 Å². The Bertz CT molecular complexity index is 3040. The van der Waals surface area contributed by atoms with E-state index < -0.39 is 70.9 Å². The normalized spacial score (nSPS) is 17.6. The Hall–Kier alpha value is -7.74. The number of esters is 1. The Morgan fingerprint density at radius 2 is 1.56 bits per heavy atom. The predicted octanol–water partition coefficient (Wildman–Crippen LogP) is 2.77. The number of aromatic nitrogens is 2. The Balaban J connectivity index is 0.845. The van der Waals surface area contributed by atoms with Crippen molar-refractivity contribution in [1.82, 2.24) is 35.7 Å². The van der Waals surface area contributed by atoms with Crippen molar-refractivity contribution in [2.24, 2.45) is 0 Å². The minimum Gasteiger partial charge on any atom is -0.458 e. The highest BCUT2D eigenvalue weighted by atomic mass is 19.1. The van der Waals surface area contributed by atoms with Gasteiger partial charge in [0.15, 0.2) is 17.2 Å². The van der Waals surface area contributed by atoms with Crippen LogP contribution in [0.1, 0.15) is 116 Å². The molecule has 0 bridgehead atoms.